The third-order valence-corrected chi connectivity index (χ3v) is 3.56. The topological polar surface area (TPSA) is 63.3 Å². The van der Waals surface area contributed by atoms with Crippen LogP contribution in [0.5, 0.6) is 0 Å². The minimum atomic E-state index is -3.17. The van der Waals surface area contributed by atoms with E-state index in [-0.39, 0.29) is 12.7 Å². The van der Waals surface area contributed by atoms with Crippen molar-refractivity contribution in [3.05, 3.63) is 30.3 Å². The summed E-state index contributed by atoms with van der Waals surface area (Å²) in [7, 11) is -3.17. The molecule has 1 rings (SSSR count). The molecule has 1 aromatic rings. The van der Waals surface area contributed by atoms with E-state index in [1.165, 1.54) is 0 Å². The molecule has 1 aromatic carbocycles. The van der Waals surface area contributed by atoms with E-state index >= 15 is 0 Å². The van der Waals surface area contributed by atoms with E-state index in [1.807, 2.05) is 6.07 Å². The Balaban J connectivity index is 2.90. The molecular formula is C8H12NO2P. The number of hydrogen-bond donors (Lipinski definition) is 2. The minimum Gasteiger partial charge on any atom is -0.341 e. The molecule has 0 radical (unpaired) electrons. The van der Waals surface area contributed by atoms with Crippen molar-refractivity contribution in [2.24, 2.45) is 5.73 Å². The fraction of sp³-hybridized carbons (Fsp3) is 0.250. The Labute approximate surface area is 71.7 Å². The quantitative estimate of drug-likeness (QED) is 0.675. The van der Waals surface area contributed by atoms with E-state index in [9.17, 15) is 9.46 Å². The van der Waals surface area contributed by atoms with Gasteiger partial charge in [0.1, 0.15) is 0 Å². The van der Waals surface area contributed by atoms with Gasteiger partial charge in [-0.15, -0.1) is 0 Å². The minimum absolute atomic E-state index is 0.150. The van der Waals surface area contributed by atoms with Crippen LogP contribution in [0, 0.1) is 0 Å². The number of benzene rings is 1. The van der Waals surface area contributed by atoms with Crippen molar-refractivity contribution < 1.29 is 9.46 Å². The fourth-order valence-corrected chi connectivity index (χ4v) is 2.21. The molecule has 66 valence electrons. The lowest BCUT2D eigenvalue weighted by atomic mass is 10.4. The molecule has 0 aliphatic rings. The molecule has 0 bridgehead atoms. The maximum Gasteiger partial charge on any atom is 0.230 e. The molecule has 1 unspecified atom stereocenters. The second-order valence-electron chi connectivity index (χ2n) is 2.55. The van der Waals surface area contributed by atoms with Gasteiger partial charge >= 0.3 is 0 Å². The highest BCUT2D eigenvalue weighted by Crippen LogP contribution is 2.37. The first-order valence-corrected chi connectivity index (χ1v) is 5.59. The highest BCUT2D eigenvalue weighted by Gasteiger charge is 2.18. The summed E-state index contributed by atoms with van der Waals surface area (Å²) in [5, 5.41) is 0.482. The van der Waals surface area contributed by atoms with Gasteiger partial charge < -0.3 is 10.6 Å². The second-order valence-corrected chi connectivity index (χ2v) is 4.92. The summed E-state index contributed by atoms with van der Waals surface area (Å²) in [6.07, 6.45) is 0.150. The molecular weight excluding hydrogens is 173 g/mol. The van der Waals surface area contributed by atoms with Gasteiger partial charge in [-0.2, -0.15) is 0 Å². The van der Waals surface area contributed by atoms with Crippen LogP contribution in [0.3, 0.4) is 0 Å². The van der Waals surface area contributed by atoms with Crippen LogP contribution in [-0.2, 0) is 4.57 Å². The number of hydrogen-bond acceptors (Lipinski definition) is 2. The Bertz CT molecular complexity index is 286. The Morgan fingerprint density at radius 1 is 1.33 bits per heavy atom. The number of rotatable bonds is 3. The van der Waals surface area contributed by atoms with Crippen molar-refractivity contribution >= 4 is 12.7 Å². The molecule has 3 N–H and O–H groups in total. The van der Waals surface area contributed by atoms with Crippen molar-refractivity contribution in [2.75, 3.05) is 12.7 Å². The Kier molecular flexibility index (Phi) is 3.04. The number of nitrogens with two attached hydrogens (primary N) is 1. The van der Waals surface area contributed by atoms with Gasteiger partial charge in [0.05, 0.1) is 0 Å². The molecule has 0 fully saturated rings. The van der Waals surface area contributed by atoms with E-state index in [4.69, 9.17) is 5.73 Å². The summed E-state index contributed by atoms with van der Waals surface area (Å²) in [6.45, 7) is 0.239. The Hall–Kier alpha value is -0.630. The fourth-order valence-electron chi connectivity index (χ4n) is 0.965. The maximum absolute atomic E-state index is 11.5. The van der Waals surface area contributed by atoms with Crippen LogP contribution in [0.15, 0.2) is 30.3 Å². The van der Waals surface area contributed by atoms with Crippen LogP contribution in [0.4, 0.5) is 0 Å². The lowest BCUT2D eigenvalue weighted by Gasteiger charge is -2.09. The largest absolute Gasteiger partial charge is 0.341 e. The molecule has 0 saturated carbocycles. The summed E-state index contributed by atoms with van der Waals surface area (Å²) in [5.41, 5.74) is 5.22. The van der Waals surface area contributed by atoms with Gasteiger partial charge in [-0.25, -0.2) is 0 Å². The first-order valence-electron chi connectivity index (χ1n) is 3.74. The Morgan fingerprint density at radius 2 is 1.92 bits per heavy atom. The lowest BCUT2D eigenvalue weighted by Crippen LogP contribution is -2.13. The Morgan fingerprint density at radius 3 is 2.42 bits per heavy atom. The standard InChI is InChI=1S/C8H12NO2P/c9-6-7-12(10,11)8-4-2-1-3-5-8/h1-5H,6-7,9H2,(H,10,11). The second kappa shape index (κ2) is 3.85. The van der Waals surface area contributed by atoms with Gasteiger partial charge in [-0.05, 0) is 12.1 Å². The van der Waals surface area contributed by atoms with Gasteiger partial charge in [0.15, 0.2) is 0 Å². The van der Waals surface area contributed by atoms with Crippen molar-refractivity contribution in [3.8, 4) is 0 Å². The van der Waals surface area contributed by atoms with Gasteiger partial charge in [0, 0.05) is 18.0 Å². The average Bonchev–Trinajstić information content (AvgIpc) is 2.06. The average molecular weight is 185 g/mol. The van der Waals surface area contributed by atoms with Crippen molar-refractivity contribution in [3.63, 3.8) is 0 Å². The molecule has 0 spiro atoms. The molecule has 0 amide bonds. The summed E-state index contributed by atoms with van der Waals surface area (Å²) in [6, 6.07) is 8.60. The third-order valence-electron chi connectivity index (χ3n) is 1.59. The first kappa shape index (κ1) is 9.46. The highest BCUT2D eigenvalue weighted by molar-refractivity contribution is 7.66. The maximum atomic E-state index is 11.5. The van der Waals surface area contributed by atoms with Gasteiger partial charge in [-0.1, -0.05) is 18.2 Å². The zero-order valence-corrected chi connectivity index (χ0v) is 7.58. The first-order chi connectivity index (χ1) is 5.67. The third kappa shape index (κ3) is 2.18. The van der Waals surface area contributed by atoms with Crippen LogP contribution < -0.4 is 11.0 Å². The molecule has 0 saturated heterocycles. The van der Waals surface area contributed by atoms with Crippen molar-refractivity contribution in [1.29, 1.82) is 0 Å². The molecule has 0 heterocycles. The van der Waals surface area contributed by atoms with Gasteiger partial charge in [0.2, 0.25) is 7.37 Å². The SMILES string of the molecule is NCCP(=O)(O)c1ccccc1. The van der Waals surface area contributed by atoms with Crippen LogP contribution in [0.25, 0.3) is 0 Å². The highest BCUT2D eigenvalue weighted by atomic mass is 31.2. The zero-order valence-electron chi connectivity index (χ0n) is 6.68. The van der Waals surface area contributed by atoms with Crippen LogP contribution in [0.2, 0.25) is 0 Å². The zero-order chi connectivity index (χ0) is 9.03. The summed E-state index contributed by atoms with van der Waals surface area (Å²) in [5.74, 6) is 0. The molecule has 1 atom stereocenters. The summed E-state index contributed by atoms with van der Waals surface area (Å²) >= 11 is 0. The van der Waals surface area contributed by atoms with Crippen molar-refractivity contribution in [1.82, 2.24) is 0 Å². The lowest BCUT2D eigenvalue weighted by molar-refractivity contribution is 0.490. The van der Waals surface area contributed by atoms with Gasteiger partial charge in [-0.3, -0.25) is 4.57 Å². The molecule has 0 aromatic heterocycles. The summed E-state index contributed by atoms with van der Waals surface area (Å²) < 4.78 is 11.5. The molecule has 0 aliphatic heterocycles. The van der Waals surface area contributed by atoms with E-state index < -0.39 is 7.37 Å². The predicted molar refractivity (Wildman–Crippen MR) is 49.8 cm³/mol. The molecule has 4 heteroatoms. The van der Waals surface area contributed by atoms with Crippen LogP contribution >= 0.6 is 7.37 Å². The molecule has 12 heavy (non-hydrogen) atoms. The monoisotopic (exact) mass is 185 g/mol. The smallest absolute Gasteiger partial charge is 0.230 e. The molecule has 0 aliphatic carbocycles. The van der Waals surface area contributed by atoms with Crippen LogP contribution in [0.1, 0.15) is 0 Å². The van der Waals surface area contributed by atoms with E-state index in [2.05, 4.69) is 0 Å². The van der Waals surface area contributed by atoms with Crippen LogP contribution in [-0.4, -0.2) is 17.6 Å². The van der Waals surface area contributed by atoms with Gasteiger partial charge in [0.25, 0.3) is 0 Å². The van der Waals surface area contributed by atoms with E-state index in [1.54, 1.807) is 24.3 Å². The summed E-state index contributed by atoms with van der Waals surface area (Å²) in [4.78, 5) is 9.46. The van der Waals surface area contributed by atoms with Crippen molar-refractivity contribution in [2.45, 2.75) is 0 Å². The molecule has 3 nitrogen and oxygen atoms in total. The van der Waals surface area contributed by atoms with E-state index in [0.717, 1.165) is 0 Å². The predicted octanol–water partition coefficient (Wildman–Crippen LogP) is 0.541. The van der Waals surface area contributed by atoms with E-state index in [0.29, 0.717) is 5.30 Å². The normalized spacial score (nSPS) is 15.5.